The van der Waals surface area contributed by atoms with Gasteiger partial charge in [-0.2, -0.15) is 13.2 Å². The third-order valence-corrected chi connectivity index (χ3v) is 5.62. The van der Waals surface area contributed by atoms with Crippen molar-refractivity contribution < 1.29 is 32.6 Å². The van der Waals surface area contributed by atoms with Crippen LogP contribution in [0, 0.1) is 11.8 Å². The molecule has 0 saturated carbocycles. The molecule has 1 N–H and O–H groups in total. The van der Waals surface area contributed by atoms with Crippen LogP contribution in [0.1, 0.15) is 25.1 Å². The smallest absolute Gasteiger partial charge is 0.475 e. The molecule has 1 aromatic rings. The fourth-order valence-electron chi connectivity index (χ4n) is 4.14. The van der Waals surface area contributed by atoms with Crippen LogP contribution in [-0.2, 0) is 27.4 Å². The normalized spacial score (nSPS) is 24.7. The van der Waals surface area contributed by atoms with E-state index in [1.165, 1.54) is 25.9 Å². The summed E-state index contributed by atoms with van der Waals surface area (Å²) in [4.78, 5) is 30.8. The summed E-state index contributed by atoms with van der Waals surface area (Å²) in [5.41, 5.74) is 0. The SMILES string of the molecule is O=C(C1CCOC1)N1Cc2nccn2CC(CN2CCCC2)C1.O=C(O)C(F)(F)F. The summed E-state index contributed by atoms with van der Waals surface area (Å²) in [5.74, 6) is -0.960. The van der Waals surface area contributed by atoms with Crippen LogP contribution in [-0.4, -0.2) is 81.9 Å². The third kappa shape index (κ3) is 5.94. The molecule has 0 spiro atoms. The summed E-state index contributed by atoms with van der Waals surface area (Å²) in [6.45, 7) is 7.25. The molecule has 2 fully saturated rings. The number of carboxylic acids is 1. The van der Waals surface area contributed by atoms with Gasteiger partial charge in [0.05, 0.1) is 19.1 Å². The van der Waals surface area contributed by atoms with Crippen molar-refractivity contribution in [1.82, 2.24) is 19.4 Å². The largest absolute Gasteiger partial charge is 0.490 e. The fourth-order valence-corrected chi connectivity index (χ4v) is 4.14. The number of alkyl halides is 3. The number of amides is 1. The first kappa shape index (κ1) is 22.5. The highest BCUT2D eigenvalue weighted by atomic mass is 19.4. The molecule has 168 valence electrons. The van der Waals surface area contributed by atoms with Crippen LogP contribution >= 0.6 is 0 Å². The lowest BCUT2D eigenvalue weighted by atomic mass is 10.0. The Morgan fingerprint density at radius 1 is 1.23 bits per heavy atom. The van der Waals surface area contributed by atoms with Crippen LogP contribution in [0.5, 0.6) is 0 Å². The number of aliphatic carboxylic acids is 1. The van der Waals surface area contributed by atoms with E-state index in [0.29, 0.717) is 19.1 Å². The zero-order valence-corrected chi connectivity index (χ0v) is 16.7. The predicted molar refractivity (Wildman–Crippen MR) is 99.4 cm³/mol. The number of aromatic nitrogens is 2. The molecule has 4 heterocycles. The monoisotopic (exact) mass is 432 g/mol. The fraction of sp³-hybridized carbons (Fsp3) is 0.737. The number of carbonyl (C=O) groups excluding carboxylic acids is 1. The standard InChI is InChI=1S/C17H26N4O2.C2HF3O2/c22-17(15-3-8-23-13-15)21-11-14(9-19-5-1-2-6-19)10-20-7-4-18-16(20)12-21;3-2(4,5)1(6)7/h4,7,14-15H,1-3,5-6,8-13H2;(H,6,7). The zero-order chi connectivity index (χ0) is 21.7. The molecular weight excluding hydrogens is 405 g/mol. The number of imidazole rings is 1. The van der Waals surface area contributed by atoms with E-state index in [0.717, 1.165) is 38.5 Å². The minimum atomic E-state index is -5.08. The number of carboxylic acid groups (broad SMARTS) is 1. The second-order valence-corrected chi connectivity index (χ2v) is 7.95. The van der Waals surface area contributed by atoms with E-state index in [9.17, 15) is 18.0 Å². The highest BCUT2D eigenvalue weighted by Gasteiger charge is 2.38. The zero-order valence-electron chi connectivity index (χ0n) is 16.7. The molecule has 2 atom stereocenters. The summed E-state index contributed by atoms with van der Waals surface area (Å²) < 4.78 is 39.4. The number of carbonyl (C=O) groups is 2. The molecule has 2 saturated heterocycles. The van der Waals surface area contributed by atoms with E-state index in [4.69, 9.17) is 14.6 Å². The second-order valence-electron chi connectivity index (χ2n) is 7.95. The number of rotatable bonds is 3. The van der Waals surface area contributed by atoms with Gasteiger partial charge in [0, 0.05) is 44.6 Å². The first-order valence-corrected chi connectivity index (χ1v) is 10.1. The van der Waals surface area contributed by atoms with E-state index in [1.807, 2.05) is 11.1 Å². The Morgan fingerprint density at radius 2 is 1.93 bits per heavy atom. The quantitative estimate of drug-likeness (QED) is 0.781. The highest BCUT2D eigenvalue weighted by molar-refractivity contribution is 5.79. The van der Waals surface area contributed by atoms with Gasteiger partial charge in [0.1, 0.15) is 5.82 Å². The van der Waals surface area contributed by atoms with Gasteiger partial charge < -0.3 is 24.2 Å². The number of hydrogen-bond donors (Lipinski definition) is 1. The maximum atomic E-state index is 12.9. The Balaban J connectivity index is 0.000000318. The molecule has 3 aliphatic heterocycles. The first-order valence-electron chi connectivity index (χ1n) is 10.1. The molecular formula is C19H27F3N4O4. The van der Waals surface area contributed by atoms with E-state index in [1.54, 1.807) is 0 Å². The molecule has 3 aliphatic rings. The predicted octanol–water partition coefficient (Wildman–Crippen LogP) is 1.61. The molecule has 0 aliphatic carbocycles. The van der Waals surface area contributed by atoms with Crippen LogP contribution in [0.3, 0.4) is 0 Å². The molecule has 8 nitrogen and oxygen atoms in total. The van der Waals surface area contributed by atoms with E-state index < -0.39 is 12.1 Å². The lowest BCUT2D eigenvalue weighted by molar-refractivity contribution is -0.192. The van der Waals surface area contributed by atoms with Crippen molar-refractivity contribution in [3.63, 3.8) is 0 Å². The summed E-state index contributed by atoms with van der Waals surface area (Å²) in [6.07, 6.45) is 2.31. The van der Waals surface area contributed by atoms with Crippen molar-refractivity contribution >= 4 is 11.9 Å². The van der Waals surface area contributed by atoms with E-state index in [-0.39, 0.29) is 11.8 Å². The molecule has 0 bridgehead atoms. The van der Waals surface area contributed by atoms with Crippen LogP contribution in [0.25, 0.3) is 0 Å². The molecule has 0 radical (unpaired) electrons. The van der Waals surface area contributed by atoms with Gasteiger partial charge in [-0.25, -0.2) is 9.78 Å². The second kappa shape index (κ2) is 9.78. The molecule has 1 aromatic heterocycles. The molecule has 4 rings (SSSR count). The topological polar surface area (TPSA) is 87.9 Å². The van der Waals surface area contributed by atoms with Crippen molar-refractivity contribution in [2.24, 2.45) is 11.8 Å². The molecule has 11 heteroatoms. The Labute approximate surface area is 172 Å². The number of likely N-dealkylation sites (tertiary alicyclic amines) is 1. The van der Waals surface area contributed by atoms with Gasteiger partial charge in [-0.15, -0.1) is 0 Å². The molecule has 2 unspecified atom stereocenters. The van der Waals surface area contributed by atoms with Gasteiger partial charge in [-0.05, 0) is 32.4 Å². The maximum absolute atomic E-state index is 12.9. The Bertz CT molecular complexity index is 728. The Hall–Kier alpha value is -2.14. The molecule has 0 aromatic carbocycles. The number of hydrogen-bond acceptors (Lipinski definition) is 5. The van der Waals surface area contributed by atoms with Crippen molar-refractivity contribution in [2.45, 2.75) is 38.5 Å². The van der Waals surface area contributed by atoms with Crippen molar-refractivity contribution in [2.75, 3.05) is 39.4 Å². The minimum Gasteiger partial charge on any atom is -0.475 e. The van der Waals surface area contributed by atoms with Crippen molar-refractivity contribution in [3.8, 4) is 0 Å². The first-order chi connectivity index (χ1) is 14.2. The Morgan fingerprint density at radius 3 is 2.53 bits per heavy atom. The number of ether oxygens (including phenoxy) is 1. The summed E-state index contributed by atoms with van der Waals surface area (Å²) >= 11 is 0. The number of nitrogens with zero attached hydrogens (tertiary/aromatic N) is 4. The summed E-state index contributed by atoms with van der Waals surface area (Å²) in [7, 11) is 0. The van der Waals surface area contributed by atoms with Gasteiger partial charge in [-0.1, -0.05) is 0 Å². The average Bonchev–Trinajstić information content (AvgIpc) is 3.43. The Kier molecular flexibility index (Phi) is 7.35. The van der Waals surface area contributed by atoms with E-state index >= 15 is 0 Å². The minimum absolute atomic E-state index is 0.0453. The number of halogens is 3. The molecule has 1 amide bonds. The number of fused-ring (bicyclic) bond motifs is 1. The third-order valence-electron chi connectivity index (χ3n) is 5.62. The van der Waals surface area contributed by atoms with Crippen LogP contribution in [0.2, 0.25) is 0 Å². The lowest BCUT2D eigenvalue weighted by Crippen LogP contribution is -2.41. The molecule has 30 heavy (non-hydrogen) atoms. The van der Waals surface area contributed by atoms with Crippen LogP contribution in [0.4, 0.5) is 13.2 Å². The summed E-state index contributed by atoms with van der Waals surface area (Å²) in [6, 6.07) is 0. The average molecular weight is 432 g/mol. The summed E-state index contributed by atoms with van der Waals surface area (Å²) in [5, 5.41) is 7.12. The van der Waals surface area contributed by atoms with Crippen LogP contribution < -0.4 is 0 Å². The van der Waals surface area contributed by atoms with E-state index in [2.05, 4.69) is 20.6 Å². The van der Waals surface area contributed by atoms with Gasteiger partial charge in [0.25, 0.3) is 0 Å². The maximum Gasteiger partial charge on any atom is 0.490 e. The lowest BCUT2D eigenvalue weighted by Gasteiger charge is -2.28. The van der Waals surface area contributed by atoms with Gasteiger partial charge in [0.2, 0.25) is 5.91 Å². The van der Waals surface area contributed by atoms with Crippen molar-refractivity contribution in [3.05, 3.63) is 18.2 Å². The van der Waals surface area contributed by atoms with Crippen molar-refractivity contribution in [1.29, 1.82) is 0 Å². The van der Waals surface area contributed by atoms with Gasteiger partial charge in [0.15, 0.2) is 0 Å². The highest BCUT2D eigenvalue weighted by Crippen LogP contribution is 2.23. The van der Waals surface area contributed by atoms with Gasteiger partial charge in [-0.3, -0.25) is 4.79 Å². The van der Waals surface area contributed by atoms with Crippen LogP contribution in [0.15, 0.2) is 12.4 Å². The van der Waals surface area contributed by atoms with Gasteiger partial charge >= 0.3 is 12.1 Å².